The quantitative estimate of drug-likeness (QED) is 0.773. The number of hydrogen-bond donors (Lipinski definition) is 1. The molecule has 0 radical (unpaired) electrons. The lowest BCUT2D eigenvalue weighted by Gasteiger charge is -2.09. The SMILES string of the molecule is Cc1ccnc(N)c1C(=O)CC(F)(F)F. The van der Waals surface area contributed by atoms with Crippen LogP contribution in [0.3, 0.4) is 0 Å². The number of nitrogens with two attached hydrogens (primary N) is 1. The number of nitrogen functional groups attached to an aromatic ring is 1. The third kappa shape index (κ3) is 2.93. The molecule has 1 aromatic rings. The largest absolute Gasteiger partial charge is 0.396 e. The average molecular weight is 218 g/mol. The summed E-state index contributed by atoms with van der Waals surface area (Å²) in [5, 5.41) is 0. The van der Waals surface area contributed by atoms with E-state index >= 15 is 0 Å². The zero-order chi connectivity index (χ0) is 11.6. The van der Waals surface area contributed by atoms with Gasteiger partial charge in [0.15, 0.2) is 5.78 Å². The summed E-state index contributed by atoms with van der Waals surface area (Å²) >= 11 is 0. The summed E-state index contributed by atoms with van der Waals surface area (Å²) in [6.45, 7) is 1.52. The summed E-state index contributed by atoms with van der Waals surface area (Å²) < 4.78 is 35.9. The molecule has 1 rings (SSSR count). The molecule has 82 valence electrons. The van der Waals surface area contributed by atoms with Crippen molar-refractivity contribution >= 4 is 11.6 Å². The van der Waals surface area contributed by atoms with Crippen molar-refractivity contribution in [3.8, 4) is 0 Å². The lowest BCUT2D eigenvalue weighted by molar-refractivity contribution is -0.125. The van der Waals surface area contributed by atoms with Crippen molar-refractivity contribution in [3.63, 3.8) is 0 Å². The highest BCUT2D eigenvalue weighted by atomic mass is 19.4. The molecule has 1 aromatic heterocycles. The smallest absolute Gasteiger partial charge is 0.383 e. The number of halogens is 3. The predicted octanol–water partition coefficient (Wildman–Crippen LogP) is 2.11. The van der Waals surface area contributed by atoms with Gasteiger partial charge < -0.3 is 5.73 Å². The highest BCUT2D eigenvalue weighted by Gasteiger charge is 2.32. The summed E-state index contributed by atoms with van der Waals surface area (Å²) in [6, 6.07) is 1.44. The molecular formula is C9H9F3N2O. The second-order valence-corrected chi connectivity index (χ2v) is 3.10. The van der Waals surface area contributed by atoms with E-state index in [1.54, 1.807) is 0 Å². The molecule has 0 fully saturated rings. The van der Waals surface area contributed by atoms with E-state index in [0.717, 1.165) is 0 Å². The topological polar surface area (TPSA) is 56.0 Å². The van der Waals surface area contributed by atoms with Crippen molar-refractivity contribution in [3.05, 3.63) is 23.4 Å². The second-order valence-electron chi connectivity index (χ2n) is 3.10. The molecule has 3 nitrogen and oxygen atoms in total. The van der Waals surface area contributed by atoms with Crippen LogP contribution in [-0.4, -0.2) is 16.9 Å². The molecule has 0 amide bonds. The summed E-state index contributed by atoms with van der Waals surface area (Å²) in [5.41, 5.74) is 5.60. The van der Waals surface area contributed by atoms with Gasteiger partial charge in [-0.2, -0.15) is 13.2 Å². The summed E-state index contributed by atoms with van der Waals surface area (Å²) in [7, 11) is 0. The summed E-state index contributed by atoms with van der Waals surface area (Å²) in [4.78, 5) is 14.8. The minimum atomic E-state index is -4.52. The molecule has 0 aliphatic heterocycles. The maximum Gasteiger partial charge on any atom is 0.396 e. The van der Waals surface area contributed by atoms with Crippen molar-refractivity contribution in [2.24, 2.45) is 0 Å². The molecule has 6 heteroatoms. The summed E-state index contributed by atoms with van der Waals surface area (Å²) in [6.07, 6.45) is -4.69. The lowest BCUT2D eigenvalue weighted by atomic mass is 10.0. The molecular weight excluding hydrogens is 209 g/mol. The lowest BCUT2D eigenvalue weighted by Crippen LogP contribution is -2.17. The maximum absolute atomic E-state index is 12.0. The summed E-state index contributed by atoms with van der Waals surface area (Å²) in [5.74, 6) is -1.21. The zero-order valence-corrected chi connectivity index (χ0v) is 7.93. The van der Waals surface area contributed by atoms with Gasteiger partial charge in [0.2, 0.25) is 0 Å². The van der Waals surface area contributed by atoms with Gasteiger partial charge in [-0.15, -0.1) is 0 Å². The third-order valence-corrected chi connectivity index (χ3v) is 1.83. The van der Waals surface area contributed by atoms with Gasteiger partial charge >= 0.3 is 6.18 Å². The molecule has 0 saturated carbocycles. The van der Waals surface area contributed by atoms with Crippen molar-refractivity contribution in [2.45, 2.75) is 19.5 Å². The molecule has 2 N–H and O–H groups in total. The number of alkyl halides is 3. The van der Waals surface area contributed by atoms with Crippen molar-refractivity contribution < 1.29 is 18.0 Å². The number of anilines is 1. The second kappa shape index (κ2) is 3.88. The average Bonchev–Trinajstić information content (AvgIpc) is 1.99. The molecule has 0 aromatic carbocycles. The molecule has 0 aliphatic carbocycles. The fourth-order valence-corrected chi connectivity index (χ4v) is 1.21. The number of aryl methyl sites for hydroxylation is 1. The van der Waals surface area contributed by atoms with Crippen LogP contribution in [0.1, 0.15) is 22.3 Å². The standard InChI is InChI=1S/C9H9F3N2O/c1-5-2-3-14-8(13)7(5)6(15)4-9(10,11)12/h2-3H,4H2,1H3,(H2,13,14). The number of aromatic nitrogens is 1. The predicted molar refractivity (Wildman–Crippen MR) is 48.4 cm³/mol. The normalized spacial score (nSPS) is 11.5. The van der Waals surface area contributed by atoms with E-state index < -0.39 is 18.4 Å². The van der Waals surface area contributed by atoms with Gasteiger partial charge in [-0.25, -0.2) is 4.98 Å². The molecule has 0 bridgehead atoms. The van der Waals surface area contributed by atoms with Gasteiger partial charge in [-0.3, -0.25) is 4.79 Å². The van der Waals surface area contributed by atoms with E-state index in [0.29, 0.717) is 5.56 Å². The van der Waals surface area contributed by atoms with E-state index in [9.17, 15) is 18.0 Å². The van der Waals surface area contributed by atoms with E-state index in [1.165, 1.54) is 19.2 Å². The molecule has 0 unspecified atom stereocenters. The Labute approximate surface area is 84.1 Å². The van der Waals surface area contributed by atoms with Crippen molar-refractivity contribution in [1.82, 2.24) is 4.98 Å². The first-order chi connectivity index (χ1) is 6.81. The Balaban J connectivity index is 3.02. The number of carbonyl (C=O) groups excluding carboxylic acids is 1. The van der Waals surface area contributed by atoms with Crippen LogP contribution < -0.4 is 5.73 Å². The highest BCUT2D eigenvalue weighted by molar-refractivity contribution is 6.01. The first-order valence-electron chi connectivity index (χ1n) is 4.12. The first kappa shape index (κ1) is 11.5. The number of hydrogen-bond acceptors (Lipinski definition) is 3. The highest BCUT2D eigenvalue weighted by Crippen LogP contribution is 2.24. The van der Waals surface area contributed by atoms with Gasteiger partial charge in [0, 0.05) is 6.20 Å². The van der Waals surface area contributed by atoms with Gasteiger partial charge in [-0.05, 0) is 18.6 Å². The number of carbonyl (C=O) groups is 1. The minimum Gasteiger partial charge on any atom is -0.383 e. The number of nitrogens with zero attached hydrogens (tertiary/aromatic N) is 1. The van der Waals surface area contributed by atoms with Gasteiger partial charge in [0.1, 0.15) is 12.2 Å². The van der Waals surface area contributed by atoms with Crippen LogP contribution in [-0.2, 0) is 0 Å². The Hall–Kier alpha value is -1.59. The first-order valence-corrected chi connectivity index (χ1v) is 4.12. The monoisotopic (exact) mass is 218 g/mol. The number of rotatable bonds is 2. The molecule has 1 heterocycles. The van der Waals surface area contributed by atoms with Crippen LogP contribution in [0.15, 0.2) is 12.3 Å². The minimum absolute atomic E-state index is 0.144. The molecule has 0 saturated heterocycles. The van der Waals surface area contributed by atoms with Crippen LogP contribution in [0, 0.1) is 6.92 Å². The van der Waals surface area contributed by atoms with Crippen molar-refractivity contribution in [2.75, 3.05) is 5.73 Å². The molecule has 15 heavy (non-hydrogen) atoms. The number of ketones is 1. The van der Waals surface area contributed by atoms with E-state index in [1.807, 2.05) is 0 Å². The number of Topliss-reactive ketones (excluding diaryl/α,β-unsaturated/α-hetero) is 1. The molecule has 0 spiro atoms. The fraction of sp³-hybridized carbons (Fsp3) is 0.333. The van der Waals surface area contributed by atoms with Crippen molar-refractivity contribution in [1.29, 1.82) is 0 Å². The van der Waals surface area contributed by atoms with Crippen LogP contribution in [0.5, 0.6) is 0 Å². The Bertz CT molecular complexity index is 367. The fourth-order valence-electron chi connectivity index (χ4n) is 1.21. The van der Waals surface area contributed by atoms with Crippen LogP contribution >= 0.6 is 0 Å². The Morgan fingerprint density at radius 1 is 1.53 bits per heavy atom. The zero-order valence-electron chi connectivity index (χ0n) is 7.93. The van der Waals surface area contributed by atoms with Crippen LogP contribution in [0.4, 0.5) is 19.0 Å². The van der Waals surface area contributed by atoms with E-state index in [4.69, 9.17) is 5.73 Å². The van der Waals surface area contributed by atoms with Crippen LogP contribution in [0.25, 0.3) is 0 Å². The van der Waals surface area contributed by atoms with E-state index in [-0.39, 0.29) is 11.4 Å². The Kier molecular flexibility index (Phi) is 2.97. The Morgan fingerprint density at radius 3 is 2.60 bits per heavy atom. The van der Waals surface area contributed by atoms with E-state index in [2.05, 4.69) is 4.98 Å². The maximum atomic E-state index is 12.0. The molecule has 0 aliphatic rings. The number of pyridine rings is 1. The van der Waals surface area contributed by atoms with Gasteiger partial charge in [-0.1, -0.05) is 0 Å². The third-order valence-electron chi connectivity index (χ3n) is 1.83. The Morgan fingerprint density at radius 2 is 2.13 bits per heavy atom. The van der Waals surface area contributed by atoms with Gasteiger partial charge in [0.05, 0.1) is 5.56 Å². The van der Waals surface area contributed by atoms with Gasteiger partial charge in [0.25, 0.3) is 0 Å². The molecule has 0 atom stereocenters. The van der Waals surface area contributed by atoms with Crippen LogP contribution in [0.2, 0.25) is 0 Å².